The molecule has 1 saturated carbocycles. The van der Waals surface area contributed by atoms with Crippen molar-refractivity contribution in [2.45, 2.75) is 38.5 Å². The molecule has 0 bridgehead atoms. The fraction of sp³-hybridized carbons (Fsp3) is 0.286. The van der Waals surface area contributed by atoms with Gasteiger partial charge in [-0.1, -0.05) is 60.2 Å². The third-order valence-corrected chi connectivity index (χ3v) is 4.40. The lowest BCUT2D eigenvalue weighted by molar-refractivity contribution is -0.127. The standard InChI is InChI=1S/C21H20F3NO/c1-15-7-9-16(10-8-15)14-25(18-11-12-18)20(26)13-19(21(22,23)24)17-5-3-2-4-6-17/h2-10,13,18H,11-12,14H2,1H3/b19-13-. The van der Waals surface area contributed by atoms with Gasteiger partial charge in [-0.3, -0.25) is 4.79 Å². The number of alkyl halides is 3. The van der Waals surface area contributed by atoms with Crippen LogP contribution in [0.2, 0.25) is 0 Å². The van der Waals surface area contributed by atoms with Crippen LogP contribution in [0.4, 0.5) is 13.2 Å². The van der Waals surface area contributed by atoms with Crippen molar-refractivity contribution in [3.05, 3.63) is 77.4 Å². The van der Waals surface area contributed by atoms with Crippen LogP contribution in [0, 0.1) is 6.92 Å². The van der Waals surface area contributed by atoms with Crippen molar-refractivity contribution in [2.24, 2.45) is 0 Å². The molecule has 1 fully saturated rings. The minimum Gasteiger partial charge on any atom is -0.332 e. The maximum Gasteiger partial charge on any atom is 0.417 e. The topological polar surface area (TPSA) is 20.3 Å². The molecule has 2 aromatic rings. The molecule has 0 radical (unpaired) electrons. The molecule has 0 aliphatic heterocycles. The molecule has 3 rings (SSSR count). The van der Waals surface area contributed by atoms with Crippen LogP contribution in [0.5, 0.6) is 0 Å². The molecule has 1 aliphatic rings. The normalized spacial score (nSPS) is 15.0. The van der Waals surface area contributed by atoms with Gasteiger partial charge in [0.25, 0.3) is 0 Å². The fourth-order valence-electron chi connectivity index (χ4n) is 2.82. The van der Waals surface area contributed by atoms with Gasteiger partial charge in [-0.2, -0.15) is 13.2 Å². The number of hydrogen-bond acceptors (Lipinski definition) is 1. The lowest BCUT2D eigenvalue weighted by atomic mass is 10.0. The highest BCUT2D eigenvalue weighted by molar-refractivity contribution is 5.96. The van der Waals surface area contributed by atoms with Crippen molar-refractivity contribution in [2.75, 3.05) is 0 Å². The summed E-state index contributed by atoms with van der Waals surface area (Å²) < 4.78 is 40.4. The van der Waals surface area contributed by atoms with E-state index in [1.54, 1.807) is 11.0 Å². The highest BCUT2D eigenvalue weighted by Gasteiger charge is 2.37. The van der Waals surface area contributed by atoms with Gasteiger partial charge in [0.2, 0.25) is 5.91 Å². The molecule has 26 heavy (non-hydrogen) atoms. The van der Waals surface area contributed by atoms with E-state index in [0.717, 1.165) is 30.0 Å². The zero-order valence-electron chi connectivity index (χ0n) is 14.5. The first-order valence-corrected chi connectivity index (χ1v) is 8.55. The van der Waals surface area contributed by atoms with Crippen LogP contribution in [0.25, 0.3) is 5.57 Å². The molecule has 0 atom stereocenters. The maximum atomic E-state index is 13.5. The van der Waals surface area contributed by atoms with E-state index in [-0.39, 0.29) is 11.6 Å². The lowest BCUT2D eigenvalue weighted by Gasteiger charge is -2.22. The molecular formula is C21H20F3NO. The zero-order chi connectivity index (χ0) is 18.7. The summed E-state index contributed by atoms with van der Waals surface area (Å²) in [5.41, 5.74) is 1.11. The number of carbonyl (C=O) groups is 1. The lowest BCUT2D eigenvalue weighted by Crippen LogP contribution is -2.32. The Morgan fingerprint density at radius 2 is 1.69 bits per heavy atom. The number of halogens is 3. The summed E-state index contributed by atoms with van der Waals surface area (Å²) >= 11 is 0. The van der Waals surface area contributed by atoms with Gasteiger partial charge in [-0.05, 0) is 30.9 Å². The summed E-state index contributed by atoms with van der Waals surface area (Å²) in [6.07, 6.45) is -2.19. The summed E-state index contributed by atoms with van der Waals surface area (Å²) in [6.45, 7) is 2.28. The second kappa shape index (κ2) is 7.36. The minimum absolute atomic E-state index is 0.000525. The van der Waals surface area contributed by atoms with Crippen LogP contribution in [-0.4, -0.2) is 23.0 Å². The van der Waals surface area contributed by atoms with Crippen molar-refractivity contribution < 1.29 is 18.0 Å². The Bertz CT molecular complexity index is 790. The molecule has 2 nitrogen and oxygen atoms in total. The Morgan fingerprint density at radius 1 is 1.08 bits per heavy atom. The number of aryl methyl sites for hydroxylation is 1. The van der Waals surface area contributed by atoms with E-state index >= 15 is 0 Å². The summed E-state index contributed by atoms with van der Waals surface area (Å²) in [6, 6.07) is 15.2. The van der Waals surface area contributed by atoms with Gasteiger partial charge in [-0.15, -0.1) is 0 Å². The molecule has 136 valence electrons. The van der Waals surface area contributed by atoms with Crippen molar-refractivity contribution in [3.63, 3.8) is 0 Å². The van der Waals surface area contributed by atoms with Gasteiger partial charge < -0.3 is 4.90 Å². The zero-order valence-corrected chi connectivity index (χ0v) is 14.5. The molecule has 5 heteroatoms. The molecule has 0 heterocycles. The fourth-order valence-corrected chi connectivity index (χ4v) is 2.82. The van der Waals surface area contributed by atoms with Gasteiger partial charge in [0, 0.05) is 18.7 Å². The second-order valence-corrected chi connectivity index (χ2v) is 6.60. The Labute approximate surface area is 150 Å². The number of hydrogen-bond donors (Lipinski definition) is 0. The summed E-state index contributed by atoms with van der Waals surface area (Å²) in [5, 5.41) is 0. The van der Waals surface area contributed by atoms with Gasteiger partial charge in [0.15, 0.2) is 0 Å². The van der Waals surface area contributed by atoms with E-state index in [9.17, 15) is 18.0 Å². The molecule has 0 aromatic heterocycles. The third kappa shape index (κ3) is 4.54. The number of nitrogens with zero attached hydrogens (tertiary/aromatic N) is 1. The van der Waals surface area contributed by atoms with E-state index in [1.807, 2.05) is 31.2 Å². The van der Waals surface area contributed by atoms with Crippen molar-refractivity contribution in [1.82, 2.24) is 4.90 Å². The van der Waals surface area contributed by atoms with Crippen molar-refractivity contribution in [1.29, 1.82) is 0 Å². The number of amides is 1. The molecule has 0 unspecified atom stereocenters. The molecular weight excluding hydrogens is 339 g/mol. The first kappa shape index (κ1) is 18.2. The van der Waals surface area contributed by atoms with E-state index in [0.29, 0.717) is 6.54 Å². The van der Waals surface area contributed by atoms with Crippen LogP contribution in [0.15, 0.2) is 60.7 Å². The third-order valence-electron chi connectivity index (χ3n) is 4.40. The molecule has 1 amide bonds. The predicted molar refractivity (Wildman–Crippen MR) is 95.2 cm³/mol. The second-order valence-electron chi connectivity index (χ2n) is 6.60. The SMILES string of the molecule is Cc1ccc(CN(C(=O)/C=C(/c2ccccc2)C(F)(F)F)C2CC2)cc1. The van der Waals surface area contributed by atoms with Gasteiger partial charge >= 0.3 is 6.18 Å². The highest BCUT2D eigenvalue weighted by atomic mass is 19.4. The van der Waals surface area contributed by atoms with Crippen molar-refractivity contribution >= 4 is 11.5 Å². The Morgan fingerprint density at radius 3 is 2.23 bits per heavy atom. The van der Waals surface area contributed by atoms with Crippen LogP contribution < -0.4 is 0 Å². The van der Waals surface area contributed by atoms with Gasteiger partial charge in [0.05, 0.1) is 5.57 Å². The maximum absolute atomic E-state index is 13.5. The molecule has 0 saturated heterocycles. The Hall–Kier alpha value is -2.56. The molecule has 0 N–H and O–H groups in total. The van der Waals surface area contributed by atoms with E-state index < -0.39 is 17.7 Å². The summed E-state index contributed by atoms with van der Waals surface area (Å²) in [5.74, 6) is -0.593. The number of benzene rings is 2. The van der Waals surface area contributed by atoms with E-state index in [4.69, 9.17) is 0 Å². The number of rotatable bonds is 5. The largest absolute Gasteiger partial charge is 0.417 e. The number of allylic oxidation sites excluding steroid dienone is 1. The highest BCUT2D eigenvalue weighted by Crippen LogP contribution is 2.35. The van der Waals surface area contributed by atoms with Crippen LogP contribution >= 0.6 is 0 Å². The average Bonchev–Trinajstić information content (AvgIpc) is 3.43. The van der Waals surface area contributed by atoms with E-state index in [1.165, 1.54) is 24.3 Å². The summed E-state index contributed by atoms with van der Waals surface area (Å²) in [4.78, 5) is 14.2. The van der Waals surface area contributed by atoms with Crippen LogP contribution in [0.1, 0.15) is 29.5 Å². The first-order chi connectivity index (χ1) is 12.3. The predicted octanol–water partition coefficient (Wildman–Crippen LogP) is 5.13. The first-order valence-electron chi connectivity index (χ1n) is 8.55. The van der Waals surface area contributed by atoms with Crippen LogP contribution in [-0.2, 0) is 11.3 Å². The molecule has 1 aliphatic carbocycles. The monoisotopic (exact) mass is 359 g/mol. The number of carbonyl (C=O) groups excluding carboxylic acids is 1. The Kier molecular flexibility index (Phi) is 5.16. The molecule has 2 aromatic carbocycles. The van der Waals surface area contributed by atoms with E-state index in [2.05, 4.69) is 0 Å². The van der Waals surface area contributed by atoms with Crippen LogP contribution in [0.3, 0.4) is 0 Å². The summed E-state index contributed by atoms with van der Waals surface area (Å²) in [7, 11) is 0. The smallest absolute Gasteiger partial charge is 0.332 e. The molecule has 0 spiro atoms. The average molecular weight is 359 g/mol. The van der Waals surface area contributed by atoms with Gasteiger partial charge in [0.1, 0.15) is 0 Å². The minimum atomic E-state index is -4.59. The Balaban J connectivity index is 1.87. The van der Waals surface area contributed by atoms with Gasteiger partial charge in [-0.25, -0.2) is 0 Å². The van der Waals surface area contributed by atoms with Crippen molar-refractivity contribution in [3.8, 4) is 0 Å². The quantitative estimate of drug-likeness (QED) is 0.678.